The molecule has 0 aromatic heterocycles. The average Bonchev–Trinajstić information content (AvgIpc) is 3.41. The fraction of sp³-hybridized carbons (Fsp3) is 0.789. The van der Waals surface area contributed by atoms with Gasteiger partial charge in [-0.15, -0.1) is 0 Å². The number of unbranched alkanes of at least 4 members (excludes halogenated alkanes) is 15. The Bertz CT molecular complexity index is 1900. The van der Waals surface area contributed by atoms with E-state index in [9.17, 15) is 78.0 Å². The number of nitrogens with two attached hydrogens (primary N) is 1. The Morgan fingerprint density at radius 3 is 1.27 bits per heavy atom. The van der Waals surface area contributed by atoms with Gasteiger partial charge in [0.15, 0.2) is 5.78 Å². The quantitative estimate of drug-likeness (QED) is 0.0355. The second-order valence-electron chi connectivity index (χ2n) is 20.8. The molecule has 24 nitrogen and oxygen atoms in total. The van der Waals surface area contributed by atoms with Gasteiger partial charge in [0, 0.05) is 64.0 Å². The molecule has 11 N–H and O–H groups in total. The lowest BCUT2D eigenvalue weighted by atomic mass is 9.94. The van der Waals surface area contributed by atoms with Gasteiger partial charge >= 0.3 is 23.9 Å². The molecule has 0 radical (unpaired) electrons. The zero-order chi connectivity index (χ0) is 60.6. The van der Waals surface area contributed by atoms with Gasteiger partial charge < -0.3 is 67.0 Å². The molecule has 0 saturated heterocycles. The number of rotatable bonds is 56. The smallest absolute Gasteiger partial charge is 0.326 e. The third-order valence-corrected chi connectivity index (χ3v) is 13.7. The van der Waals surface area contributed by atoms with Crippen LogP contribution in [0.15, 0.2) is 0 Å². The molecule has 0 bridgehead atoms. The number of aliphatic carboxylic acids is 4. The summed E-state index contributed by atoms with van der Waals surface area (Å²) in [6, 6.07) is -3.87. The molecule has 0 spiro atoms. The molecular formula is C57H98N6O18. The fourth-order valence-electron chi connectivity index (χ4n) is 8.84. The van der Waals surface area contributed by atoms with Crippen LogP contribution in [0.3, 0.4) is 0 Å². The van der Waals surface area contributed by atoms with E-state index in [-0.39, 0.29) is 121 Å². The van der Waals surface area contributed by atoms with Crippen molar-refractivity contribution in [1.29, 1.82) is 0 Å². The molecule has 0 rings (SSSR count). The number of ether oxygens (including phenoxy) is 2. The van der Waals surface area contributed by atoms with Crippen LogP contribution in [-0.4, -0.2) is 155 Å². The molecule has 24 heteroatoms. The highest BCUT2D eigenvalue weighted by Crippen LogP contribution is 2.17. The minimum Gasteiger partial charge on any atom is -0.481 e. The summed E-state index contributed by atoms with van der Waals surface area (Å²) < 4.78 is 10.6. The highest BCUT2D eigenvalue weighted by molar-refractivity contribution is 5.87. The molecule has 0 saturated carbocycles. The zero-order valence-corrected chi connectivity index (χ0v) is 48.3. The van der Waals surface area contributed by atoms with Gasteiger partial charge in [-0.25, -0.2) is 14.4 Å². The maximum atomic E-state index is 12.5. The first kappa shape index (κ1) is 75.1. The van der Waals surface area contributed by atoms with Crippen LogP contribution in [0.4, 0.5) is 0 Å². The summed E-state index contributed by atoms with van der Waals surface area (Å²) in [5, 5.41) is 50.9. The lowest BCUT2D eigenvalue weighted by Crippen LogP contribution is -2.42. The fourth-order valence-corrected chi connectivity index (χ4v) is 8.84. The number of hydrogen-bond acceptors (Lipinski definition) is 15. The number of carboxylic acids is 4. The van der Waals surface area contributed by atoms with Crippen LogP contribution < -0.4 is 32.3 Å². The molecule has 81 heavy (non-hydrogen) atoms. The topological polar surface area (TPSA) is 390 Å². The zero-order valence-electron chi connectivity index (χ0n) is 48.3. The van der Waals surface area contributed by atoms with Crippen molar-refractivity contribution in [2.45, 2.75) is 231 Å². The van der Waals surface area contributed by atoms with E-state index in [0.29, 0.717) is 45.1 Å². The second-order valence-corrected chi connectivity index (χ2v) is 20.8. The van der Waals surface area contributed by atoms with Crippen molar-refractivity contribution in [3.8, 4) is 0 Å². The van der Waals surface area contributed by atoms with Crippen molar-refractivity contribution in [2.75, 3.05) is 46.1 Å². The van der Waals surface area contributed by atoms with E-state index in [1.165, 1.54) is 44.9 Å². The standard InChI is InChI=1S/C57H98N6O18/c1-3-42(48(66)39-58)23-20-21-33-59-49(67)31-28-47(57(78)79)63-53(71)30-27-43(54(72)73)38-44(65)40-81-37-36-80-35-34-60-50(68)32-29-46(56(76)77)62-52(70)26-19-18-24-45(55(74)75)61-51(69)25-17-15-13-11-9-7-5-4-6-8-10-12-14-16-22-41(2)64/h42-43,45-47H,3-40,58H2,1-2H3,(H,59,67)(H,60,68)(H,61,69)(H,62,70)(H,63,71)(H,72,73)(H,74,75)(H,76,77)(H,78,79)/t42-,43+,45-,46-,47-/m0/s1. The van der Waals surface area contributed by atoms with Crippen molar-refractivity contribution < 1.29 is 87.4 Å². The third kappa shape index (κ3) is 43.5. The molecule has 5 atom stereocenters. The summed E-state index contributed by atoms with van der Waals surface area (Å²) in [6.07, 6.45) is 17.6. The Morgan fingerprint density at radius 1 is 0.407 bits per heavy atom. The van der Waals surface area contributed by atoms with Crippen molar-refractivity contribution in [3.05, 3.63) is 0 Å². The number of carbonyl (C=O) groups excluding carboxylic acids is 8. The predicted molar refractivity (Wildman–Crippen MR) is 300 cm³/mol. The normalized spacial score (nSPS) is 12.9. The number of Topliss-reactive ketones (excluding diaryl/α,β-unsaturated/α-hetero) is 3. The first-order valence-electron chi connectivity index (χ1n) is 29.4. The van der Waals surface area contributed by atoms with Gasteiger partial charge in [0.05, 0.1) is 32.3 Å². The van der Waals surface area contributed by atoms with Crippen LogP contribution in [0.5, 0.6) is 0 Å². The lowest BCUT2D eigenvalue weighted by molar-refractivity contribution is -0.145. The number of nitrogens with one attached hydrogen (secondary N) is 5. The van der Waals surface area contributed by atoms with Crippen LogP contribution in [0, 0.1) is 11.8 Å². The Kier molecular flexibility index (Phi) is 45.3. The predicted octanol–water partition coefficient (Wildman–Crippen LogP) is 5.08. The van der Waals surface area contributed by atoms with Crippen LogP contribution in [-0.2, 0) is 67.0 Å². The molecule has 0 unspecified atom stereocenters. The van der Waals surface area contributed by atoms with Gasteiger partial charge in [-0.2, -0.15) is 0 Å². The molecule has 464 valence electrons. The summed E-state index contributed by atoms with van der Waals surface area (Å²) >= 11 is 0. The number of carbonyl (C=O) groups is 12. The molecule has 0 aliphatic carbocycles. The summed E-state index contributed by atoms with van der Waals surface area (Å²) in [5.41, 5.74) is 5.43. The number of carboxylic acid groups (broad SMARTS) is 4. The van der Waals surface area contributed by atoms with Crippen LogP contribution in [0.25, 0.3) is 0 Å². The van der Waals surface area contributed by atoms with Gasteiger partial charge in [-0.05, 0) is 71.1 Å². The molecule has 0 aliphatic heterocycles. The second kappa shape index (κ2) is 48.8. The maximum Gasteiger partial charge on any atom is 0.326 e. The highest BCUT2D eigenvalue weighted by atomic mass is 16.5. The Hall–Kier alpha value is -5.88. The number of ketones is 3. The van der Waals surface area contributed by atoms with E-state index in [4.69, 9.17) is 15.2 Å². The molecule has 0 heterocycles. The van der Waals surface area contributed by atoms with Gasteiger partial charge in [0.25, 0.3) is 0 Å². The minimum absolute atomic E-state index is 0.00419. The maximum absolute atomic E-state index is 12.5. The summed E-state index contributed by atoms with van der Waals surface area (Å²) in [7, 11) is 0. The monoisotopic (exact) mass is 1150 g/mol. The molecule has 0 fully saturated rings. The van der Waals surface area contributed by atoms with E-state index in [1.807, 2.05) is 6.92 Å². The van der Waals surface area contributed by atoms with Crippen molar-refractivity contribution >= 4 is 70.8 Å². The third-order valence-electron chi connectivity index (χ3n) is 13.7. The molecule has 5 amide bonds. The summed E-state index contributed by atoms with van der Waals surface area (Å²) in [5.74, 6) is -9.56. The van der Waals surface area contributed by atoms with Crippen LogP contribution in [0.2, 0.25) is 0 Å². The van der Waals surface area contributed by atoms with E-state index in [1.54, 1.807) is 6.92 Å². The first-order valence-corrected chi connectivity index (χ1v) is 29.4. The average molecular weight is 1160 g/mol. The van der Waals surface area contributed by atoms with E-state index in [2.05, 4.69) is 26.6 Å². The van der Waals surface area contributed by atoms with Gasteiger partial charge in [0.2, 0.25) is 29.5 Å². The number of amides is 5. The molecule has 0 aliphatic rings. The SMILES string of the molecule is CC[C@@H](CCCCNC(=O)CC[C@H](NC(=O)CC[C@H](CC(=O)COCCOCCNC(=O)CC[C@H](NC(=O)CCCC[C@H](NC(=O)CCCCCCCCCCCCCCCCC(C)=O)C(=O)O)C(=O)O)C(=O)O)C(=O)O)C(=O)CN. The summed E-state index contributed by atoms with van der Waals surface area (Å²) in [4.78, 5) is 145. The van der Waals surface area contributed by atoms with Gasteiger partial charge in [-0.3, -0.25) is 38.4 Å². The van der Waals surface area contributed by atoms with E-state index < -0.39 is 96.8 Å². The lowest BCUT2D eigenvalue weighted by Gasteiger charge is -2.16. The van der Waals surface area contributed by atoms with Gasteiger partial charge in [0.1, 0.15) is 36.3 Å². The molecule has 0 aromatic carbocycles. The minimum atomic E-state index is -1.41. The van der Waals surface area contributed by atoms with Crippen molar-refractivity contribution in [2.24, 2.45) is 17.6 Å². The van der Waals surface area contributed by atoms with E-state index >= 15 is 0 Å². The Labute approximate surface area is 478 Å². The van der Waals surface area contributed by atoms with E-state index in [0.717, 1.165) is 38.5 Å². The van der Waals surface area contributed by atoms with Crippen molar-refractivity contribution in [1.82, 2.24) is 26.6 Å². The summed E-state index contributed by atoms with van der Waals surface area (Å²) in [6.45, 7) is 3.43. The Morgan fingerprint density at radius 2 is 0.815 bits per heavy atom. The van der Waals surface area contributed by atoms with Crippen molar-refractivity contribution in [3.63, 3.8) is 0 Å². The van der Waals surface area contributed by atoms with Gasteiger partial charge in [-0.1, -0.05) is 96.8 Å². The Balaban J connectivity index is 4.26. The largest absolute Gasteiger partial charge is 0.481 e. The van der Waals surface area contributed by atoms with Crippen LogP contribution in [0.1, 0.15) is 213 Å². The number of hydrogen-bond donors (Lipinski definition) is 10. The molecular weight excluding hydrogens is 1060 g/mol. The van der Waals surface area contributed by atoms with Crippen LogP contribution >= 0.6 is 0 Å². The first-order chi connectivity index (χ1) is 38.7. The highest BCUT2D eigenvalue weighted by Gasteiger charge is 2.26. The molecule has 0 aromatic rings.